The van der Waals surface area contributed by atoms with Crippen molar-refractivity contribution in [1.29, 1.82) is 0 Å². The molecule has 9 heteroatoms. The van der Waals surface area contributed by atoms with Crippen molar-refractivity contribution >= 4 is 22.8 Å². The minimum atomic E-state index is -1.26. The number of amides is 1. The highest BCUT2D eigenvalue weighted by molar-refractivity contribution is 7.84. The lowest BCUT2D eigenvalue weighted by molar-refractivity contribution is -0.117. The summed E-state index contributed by atoms with van der Waals surface area (Å²) >= 11 is 0. The number of aromatic amines is 2. The lowest BCUT2D eigenvalue weighted by Crippen LogP contribution is -2.40. The van der Waals surface area contributed by atoms with E-state index in [1.54, 1.807) is 0 Å². The zero-order valence-corrected chi connectivity index (χ0v) is 15.5. The van der Waals surface area contributed by atoms with Gasteiger partial charge in [-0.2, -0.15) is 0 Å². The topological polar surface area (TPSA) is 132 Å². The van der Waals surface area contributed by atoms with Crippen LogP contribution in [-0.4, -0.2) is 43.6 Å². The van der Waals surface area contributed by atoms with Crippen LogP contribution in [0.1, 0.15) is 16.8 Å². The molecule has 1 aromatic heterocycles. The smallest absolute Gasteiger partial charge is 0.325 e. The van der Waals surface area contributed by atoms with Crippen LogP contribution < -0.4 is 16.6 Å². The summed E-state index contributed by atoms with van der Waals surface area (Å²) in [5.74, 6) is -0.117. The quantitative estimate of drug-likeness (QED) is 0.463. The third-order valence-corrected chi connectivity index (χ3v) is 5.13. The van der Waals surface area contributed by atoms with Crippen LogP contribution in [0.3, 0.4) is 0 Å². The summed E-state index contributed by atoms with van der Waals surface area (Å²) in [4.78, 5) is 39.4. The van der Waals surface area contributed by atoms with E-state index >= 15 is 0 Å². The Kier molecular flexibility index (Phi) is 7.44. The molecule has 0 aliphatic rings. The van der Waals surface area contributed by atoms with E-state index in [4.69, 9.17) is 0 Å². The normalized spacial score (nSPS) is 13.4. The fraction of sp³-hybridized carbons (Fsp3) is 0.278. The van der Waals surface area contributed by atoms with E-state index in [1.807, 2.05) is 30.3 Å². The Hall–Kier alpha value is -2.78. The number of carbonyl (C=O) groups excluding carboxylic acids is 1. The predicted molar refractivity (Wildman–Crippen MR) is 104 cm³/mol. The van der Waals surface area contributed by atoms with Crippen LogP contribution in [-0.2, 0) is 21.3 Å². The molecule has 0 saturated carbocycles. The number of nitrogens with one attached hydrogen (secondary N) is 3. The average molecular weight is 391 g/mol. The molecule has 1 amide bonds. The molecule has 2 atom stereocenters. The van der Waals surface area contributed by atoms with Crippen LogP contribution in [0.15, 0.2) is 46.0 Å². The summed E-state index contributed by atoms with van der Waals surface area (Å²) in [5.41, 5.74) is 0.156. The van der Waals surface area contributed by atoms with Gasteiger partial charge in [-0.05, 0) is 18.6 Å². The Bertz CT molecular complexity index is 949. The molecule has 4 N–H and O–H groups in total. The zero-order chi connectivity index (χ0) is 19.8. The third-order valence-electron chi connectivity index (χ3n) is 3.70. The van der Waals surface area contributed by atoms with Crippen LogP contribution in [0, 0.1) is 6.92 Å². The van der Waals surface area contributed by atoms with Gasteiger partial charge in [-0.1, -0.05) is 30.3 Å². The summed E-state index contributed by atoms with van der Waals surface area (Å²) in [7, 11) is -1.26. The first-order valence-electron chi connectivity index (χ1n) is 8.20. The molecule has 0 bridgehead atoms. The van der Waals surface area contributed by atoms with E-state index < -0.39 is 34.0 Å². The minimum absolute atomic E-state index is 0.100. The number of aromatic nitrogens is 2. The highest BCUT2D eigenvalue weighted by atomic mass is 32.2. The second-order valence-electron chi connectivity index (χ2n) is 5.90. The molecule has 27 heavy (non-hydrogen) atoms. The molecule has 2 aromatic rings. The molecular weight excluding hydrogens is 370 g/mol. The average Bonchev–Trinajstić information content (AvgIpc) is 2.61. The second-order valence-corrected chi connectivity index (χ2v) is 7.41. The van der Waals surface area contributed by atoms with Gasteiger partial charge in [0.2, 0.25) is 5.91 Å². The lowest BCUT2D eigenvalue weighted by atomic mass is 10.2. The van der Waals surface area contributed by atoms with E-state index in [2.05, 4.69) is 15.3 Å². The molecule has 0 aliphatic heterocycles. The van der Waals surface area contributed by atoms with Crippen molar-refractivity contribution in [2.45, 2.75) is 18.7 Å². The Balaban J connectivity index is 1.95. The number of hydrogen-bond acceptors (Lipinski definition) is 5. The molecular formula is C18H21N3O5S. The molecule has 2 rings (SSSR count). The maximum atomic E-state index is 12.2. The van der Waals surface area contributed by atoms with Crippen LogP contribution in [0.2, 0.25) is 0 Å². The van der Waals surface area contributed by atoms with E-state index in [9.17, 15) is 23.7 Å². The Morgan fingerprint density at radius 1 is 1.26 bits per heavy atom. The van der Waals surface area contributed by atoms with Crippen molar-refractivity contribution in [3.63, 3.8) is 0 Å². The first kappa shape index (κ1) is 20.5. The third kappa shape index (κ3) is 6.46. The minimum Gasteiger partial charge on any atom is -0.394 e. The molecule has 1 aromatic carbocycles. The van der Waals surface area contributed by atoms with Gasteiger partial charge in [-0.25, -0.2) is 4.79 Å². The number of rotatable bonds is 8. The van der Waals surface area contributed by atoms with Gasteiger partial charge in [-0.3, -0.25) is 18.8 Å². The summed E-state index contributed by atoms with van der Waals surface area (Å²) < 4.78 is 12.2. The van der Waals surface area contributed by atoms with Crippen molar-refractivity contribution in [1.82, 2.24) is 15.3 Å². The molecule has 8 nitrogen and oxygen atoms in total. The molecule has 144 valence electrons. The SMILES string of the molecule is Cc1[nH]c(=O)[nH]c(=O)c1/C=C\C(=O)N[C@H](CO)C[S@@](=O)Cc1ccccc1. The Morgan fingerprint density at radius 3 is 2.59 bits per heavy atom. The van der Waals surface area contributed by atoms with Crippen LogP contribution >= 0.6 is 0 Å². The summed E-state index contributed by atoms with van der Waals surface area (Å²) in [6.07, 6.45) is 2.40. The monoisotopic (exact) mass is 391 g/mol. The molecule has 0 fully saturated rings. The maximum absolute atomic E-state index is 12.2. The van der Waals surface area contributed by atoms with Crippen LogP contribution in [0.5, 0.6) is 0 Å². The number of benzene rings is 1. The molecule has 1 heterocycles. The van der Waals surface area contributed by atoms with E-state index in [-0.39, 0.29) is 17.9 Å². The standard InChI is InChI=1S/C18H21N3O5S/c1-12-15(17(24)21-18(25)19-12)7-8-16(23)20-14(9-22)11-27(26)10-13-5-3-2-4-6-13/h2-8,14,22H,9-11H2,1H3,(H,20,23)(H2,19,21,24,25)/b8-7-/t14-,27+/m1/s1. The van der Waals surface area contributed by atoms with Gasteiger partial charge in [0, 0.05) is 34.1 Å². The summed E-state index contributed by atoms with van der Waals surface area (Å²) in [6, 6.07) is 8.60. The number of aliphatic hydroxyl groups is 1. The van der Waals surface area contributed by atoms with E-state index in [0.29, 0.717) is 11.4 Å². The zero-order valence-electron chi connectivity index (χ0n) is 14.7. The second kappa shape index (κ2) is 9.79. The number of aliphatic hydroxyl groups excluding tert-OH is 1. The Labute approximate surface area is 157 Å². The van der Waals surface area contributed by atoms with Crippen molar-refractivity contribution in [2.24, 2.45) is 0 Å². The number of hydrogen-bond donors (Lipinski definition) is 4. The van der Waals surface area contributed by atoms with E-state index in [0.717, 1.165) is 11.6 Å². The Morgan fingerprint density at radius 2 is 1.96 bits per heavy atom. The first-order chi connectivity index (χ1) is 12.9. The summed E-state index contributed by atoms with van der Waals surface area (Å²) in [6.45, 7) is 1.18. The fourth-order valence-electron chi connectivity index (χ4n) is 2.40. The largest absolute Gasteiger partial charge is 0.394 e. The highest BCUT2D eigenvalue weighted by Gasteiger charge is 2.14. The molecule has 0 unspecified atom stereocenters. The molecule has 0 saturated heterocycles. The van der Waals surface area contributed by atoms with Gasteiger partial charge in [0.25, 0.3) is 5.56 Å². The molecule has 0 radical (unpaired) electrons. The fourth-order valence-corrected chi connectivity index (χ4v) is 3.72. The first-order valence-corrected chi connectivity index (χ1v) is 9.69. The molecule has 0 aliphatic carbocycles. The van der Waals surface area contributed by atoms with Crippen LogP contribution in [0.4, 0.5) is 0 Å². The van der Waals surface area contributed by atoms with E-state index in [1.165, 1.54) is 13.0 Å². The van der Waals surface area contributed by atoms with Crippen molar-refractivity contribution in [2.75, 3.05) is 12.4 Å². The lowest BCUT2D eigenvalue weighted by Gasteiger charge is -2.14. The predicted octanol–water partition coefficient (Wildman–Crippen LogP) is -0.189. The van der Waals surface area contributed by atoms with Crippen molar-refractivity contribution in [3.05, 3.63) is 74.1 Å². The van der Waals surface area contributed by atoms with Gasteiger partial charge in [0.1, 0.15) is 0 Å². The van der Waals surface area contributed by atoms with Gasteiger partial charge < -0.3 is 15.4 Å². The number of carbonyl (C=O) groups is 1. The number of H-pyrrole nitrogens is 2. The van der Waals surface area contributed by atoms with Crippen molar-refractivity contribution < 1.29 is 14.1 Å². The van der Waals surface area contributed by atoms with Gasteiger partial charge in [0.15, 0.2) is 0 Å². The highest BCUT2D eigenvalue weighted by Crippen LogP contribution is 2.04. The number of aryl methyl sites for hydroxylation is 1. The maximum Gasteiger partial charge on any atom is 0.325 e. The van der Waals surface area contributed by atoms with Gasteiger partial charge in [-0.15, -0.1) is 0 Å². The van der Waals surface area contributed by atoms with Gasteiger partial charge >= 0.3 is 5.69 Å². The van der Waals surface area contributed by atoms with Gasteiger partial charge in [0.05, 0.1) is 18.2 Å². The van der Waals surface area contributed by atoms with Crippen molar-refractivity contribution in [3.8, 4) is 0 Å². The van der Waals surface area contributed by atoms with Crippen LogP contribution in [0.25, 0.3) is 6.08 Å². The molecule has 0 spiro atoms. The summed E-state index contributed by atoms with van der Waals surface area (Å²) in [5, 5.41) is 12.0.